The van der Waals surface area contributed by atoms with Crippen molar-refractivity contribution in [3.8, 4) is 11.3 Å². The molecule has 0 N–H and O–H groups in total. The Morgan fingerprint density at radius 2 is 1.62 bits per heavy atom. The molecule has 132 valence electrons. The molecule has 1 aliphatic carbocycles. The van der Waals surface area contributed by atoms with Crippen molar-refractivity contribution < 1.29 is 22.4 Å². The quantitative estimate of drug-likeness (QED) is 0.777. The van der Waals surface area contributed by atoms with E-state index in [2.05, 4.69) is 0 Å². The Morgan fingerprint density at radius 3 is 2.35 bits per heavy atom. The van der Waals surface area contributed by atoms with Crippen molar-refractivity contribution >= 4 is 21.4 Å². The van der Waals surface area contributed by atoms with Gasteiger partial charge in [0.05, 0.1) is 4.90 Å². The van der Waals surface area contributed by atoms with E-state index < -0.39 is 15.8 Å². The number of ether oxygens (including phenoxy) is 1. The molecule has 2 unspecified atom stereocenters. The average Bonchev–Trinajstić information content (AvgIpc) is 3.10. The first-order valence-electron chi connectivity index (χ1n) is 8.10. The molecule has 1 aliphatic heterocycles. The third kappa shape index (κ3) is 3.04. The summed E-state index contributed by atoms with van der Waals surface area (Å²) < 4.78 is 34.4. The summed E-state index contributed by atoms with van der Waals surface area (Å²) in [4.78, 5) is 12.1. The highest BCUT2D eigenvalue weighted by atomic mass is 32.2. The fourth-order valence-electron chi connectivity index (χ4n) is 3.12. The number of allylic oxidation sites excluding steroid dienone is 2. The van der Waals surface area contributed by atoms with E-state index in [1.165, 1.54) is 12.3 Å². The van der Waals surface area contributed by atoms with Crippen molar-refractivity contribution in [2.45, 2.75) is 11.0 Å². The lowest BCUT2D eigenvalue weighted by molar-refractivity contribution is -0.142. The monoisotopic (exact) mass is 368 g/mol. The second kappa shape index (κ2) is 6.14. The summed E-state index contributed by atoms with van der Waals surface area (Å²) in [6.45, 7) is 0. The lowest BCUT2D eigenvalue weighted by Gasteiger charge is -2.28. The van der Waals surface area contributed by atoms with Gasteiger partial charge >= 0.3 is 5.97 Å². The first-order chi connectivity index (χ1) is 12.4. The summed E-state index contributed by atoms with van der Waals surface area (Å²) >= 11 is 0. The van der Waals surface area contributed by atoms with Gasteiger partial charge in [-0.25, -0.2) is 13.2 Å². The van der Waals surface area contributed by atoms with Crippen LogP contribution in [-0.4, -0.2) is 26.7 Å². The highest BCUT2D eigenvalue weighted by Crippen LogP contribution is 2.37. The van der Waals surface area contributed by atoms with Crippen LogP contribution < -0.4 is 0 Å². The lowest BCUT2D eigenvalue weighted by Crippen LogP contribution is -2.30. The Bertz CT molecular complexity index is 1050. The number of hydrogen-bond acceptors (Lipinski definition) is 5. The number of benzene rings is 1. The van der Waals surface area contributed by atoms with E-state index in [9.17, 15) is 13.2 Å². The largest absolute Gasteiger partial charge is 0.456 e. The van der Waals surface area contributed by atoms with E-state index in [4.69, 9.17) is 9.15 Å². The Balaban J connectivity index is 1.67. The van der Waals surface area contributed by atoms with Gasteiger partial charge < -0.3 is 9.15 Å². The zero-order valence-electron chi connectivity index (χ0n) is 14.0. The number of carbonyl (C=O) groups excluding carboxylic acids is 1. The van der Waals surface area contributed by atoms with Crippen LogP contribution in [0, 0.1) is 5.92 Å². The smallest absolute Gasteiger partial charge is 0.331 e. The molecular formula is C20H16O5S. The SMILES string of the molecule is CS(=O)(=O)c1ccc(-c2ccc(C3=CC(=O)OC4C=CC=CC34)o2)cc1. The van der Waals surface area contributed by atoms with Gasteiger partial charge in [-0.2, -0.15) is 0 Å². The van der Waals surface area contributed by atoms with E-state index in [1.54, 1.807) is 24.3 Å². The number of carbonyl (C=O) groups is 1. The highest BCUT2D eigenvalue weighted by Gasteiger charge is 2.32. The molecule has 0 saturated heterocycles. The Hall–Kier alpha value is -2.86. The van der Waals surface area contributed by atoms with Gasteiger partial charge in [-0.3, -0.25) is 0 Å². The Labute approximate surface area is 151 Å². The highest BCUT2D eigenvalue weighted by molar-refractivity contribution is 7.90. The molecule has 1 aromatic heterocycles. The van der Waals surface area contributed by atoms with Crippen molar-refractivity contribution in [1.82, 2.24) is 0 Å². The van der Waals surface area contributed by atoms with Crippen LogP contribution in [-0.2, 0) is 19.4 Å². The third-order valence-electron chi connectivity index (χ3n) is 4.43. The molecule has 0 spiro atoms. The molecule has 2 aromatic rings. The van der Waals surface area contributed by atoms with Crippen molar-refractivity contribution in [2.75, 3.05) is 6.26 Å². The van der Waals surface area contributed by atoms with Crippen LogP contribution in [0.25, 0.3) is 16.9 Å². The van der Waals surface area contributed by atoms with Gasteiger partial charge in [0.15, 0.2) is 9.84 Å². The number of esters is 1. The van der Waals surface area contributed by atoms with Crippen LogP contribution in [0.5, 0.6) is 0 Å². The van der Waals surface area contributed by atoms with Gasteiger partial charge in [-0.05, 0) is 42.5 Å². The minimum atomic E-state index is -3.24. The maximum atomic E-state index is 11.9. The number of hydrogen-bond donors (Lipinski definition) is 0. The van der Waals surface area contributed by atoms with Crippen molar-refractivity contribution in [2.24, 2.45) is 5.92 Å². The molecule has 0 fully saturated rings. The molecule has 0 saturated carbocycles. The van der Waals surface area contributed by atoms with Crippen LogP contribution >= 0.6 is 0 Å². The van der Waals surface area contributed by atoms with Crippen LogP contribution in [0.15, 0.2) is 76.1 Å². The maximum absolute atomic E-state index is 11.9. The van der Waals surface area contributed by atoms with E-state index >= 15 is 0 Å². The van der Waals surface area contributed by atoms with Crippen molar-refractivity contribution in [1.29, 1.82) is 0 Å². The van der Waals surface area contributed by atoms with E-state index in [-0.39, 0.29) is 16.9 Å². The maximum Gasteiger partial charge on any atom is 0.331 e. The normalized spacial score (nSPS) is 21.9. The molecule has 2 aliphatic rings. The number of sulfone groups is 1. The molecule has 0 bridgehead atoms. The molecule has 2 heterocycles. The van der Waals surface area contributed by atoms with Gasteiger partial charge in [0.2, 0.25) is 0 Å². The van der Waals surface area contributed by atoms with Gasteiger partial charge in [0.1, 0.15) is 17.6 Å². The van der Waals surface area contributed by atoms with Gasteiger partial charge in [-0.1, -0.05) is 18.2 Å². The zero-order chi connectivity index (χ0) is 18.3. The Morgan fingerprint density at radius 1 is 0.923 bits per heavy atom. The molecule has 0 radical (unpaired) electrons. The molecule has 6 heteroatoms. The number of furan rings is 1. The van der Waals surface area contributed by atoms with Crippen LogP contribution in [0.3, 0.4) is 0 Å². The first kappa shape index (κ1) is 16.6. The molecule has 0 amide bonds. The zero-order valence-corrected chi connectivity index (χ0v) is 14.8. The lowest BCUT2D eigenvalue weighted by atomic mass is 9.86. The second-order valence-corrected chi connectivity index (χ2v) is 8.27. The predicted molar refractivity (Wildman–Crippen MR) is 96.9 cm³/mol. The molecular weight excluding hydrogens is 352 g/mol. The van der Waals surface area contributed by atoms with E-state index in [0.29, 0.717) is 11.5 Å². The summed E-state index contributed by atoms with van der Waals surface area (Å²) in [6, 6.07) is 10.1. The van der Waals surface area contributed by atoms with Gasteiger partial charge in [0.25, 0.3) is 0 Å². The van der Waals surface area contributed by atoms with Crippen molar-refractivity contribution in [3.63, 3.8) is 0 Å². The van der Waals surface area contributed by atoms with E-state index in [1.807, 2.05) is 36.4 Å². The summed E-state index contributed by atoms with van der Waals surface area (Å²) in [5.41, 5.74) is 1.53. The summed E-state index contributed by atoms with van der Waals surface area (Å²) in [7, 11) is -3.24. The van der Waals surface area contributed by atoms with Gasteiger partial charge in [0, 0.05) is 29.4 Å². The minimum absolute atomic E-state index is 0.0793. The standard InChI is InChI=1S/C20H16O5S/c1-26(22,23)14-8-6-13(7-9-14)17-10-11-19(24-17)16-12-20(21)25-18-5-3-2-4-15(16)18/h2-12,15,18H,1H3. The Kier molecular flexibility index (Phi) is 3.92. The fraction of sp³-hybridized carbons (Fsp3) is 0.150. The summed E-state index contributed by atoms with van der Waals surface area (Å²) in [5, 5.41) is 0. The molecule has 1 aromatic carbocycles. The van der Waals surface area contributed by atoms with Crippen LogP contribution in [0.2, 0.25) is 0 Å². The topological polar surface area (TPSA) is 73.6 Å². The van der Waals surface area contributed by atoms with Crippen LogP contribution in [0.1, 0.15) is 5.76 Å². The van der Waals surface area contributed by atoms with E-state index in [0.717, 1.165) is 11.1 Å². The average molecular weight is 368 g/mol. The molecule has 2 atom stereocenters. The van der Waals surface area contributed by atoms with Gasteiger partial charge in [-0.15, -0.1) is 0 Å². The minimum Gasteiger partial charge on any atom is -0.456 e. The fourth-order valence-corrected chi connectivity index (χ4v) is 3.75. The van der Waals surface area contributed by atoms with Crippen LogP contribution in [0.4, 0.5) is 0 Å². The first-order valence-corrected chi connectivity index (χ1v) is 9.99. The third-order valence-corrected chi connectivity index (χ3v) is 5.55. The second-order valence-electron chi connectivity index (χ2n) is 6.26. The molecule has 5 nitrogen and oxygen atoms in total. The predicted octanol–water partition coefficient (Wildman–Crippen LogP) is 3.40. The van der Waals surface area contributed by atoms with Crippen molar-refractivity contribution in [3.05, 3.63) is 72.5 Å². The molecule has 4 rings (SSSR count). The number of rotatable bonds is 3. The summed E-state index contributed by atoms with van der Waals surface area (Å²) in [6.07, 6.45) is 9.91. The summed E-state index contributed by atoms with van der Waals surface area (Å²) in [5.74, 6) is 0.728. The molecule has 26 heavy (non-hydrogen) atoms. The number of fused-ring (bicyclic) bond motifs is 1.